The van der Waals surface area contributed by atoms with E-state index >= 15 is 0 Å². The fraction of sp³-hybridized carbons (Fsp3) is 0.545. The number of pyridine rings is 1. The van der Waals surface area contributed by atoms with E-state index in [0.717, 1.165) is 0 Å². The maximum atomic E-state index is 12.1. The lowest BCUT2D eigenvalue weighted by atomic mass is 10.4. The Morgan fingerprint density at radius 2 is 2.22 bits per heavy atom. The van der Waals surface area contributed by atoms with E-state index in [4.69, 9.17) is 4.74 Å². The quantitative estimate of drug-likeness (QED) is 0.769. The largest absolute Gasteiger partial charge is 0.380 e. The highest BCUT2D eigenvalue weighted by Crippen LogP contribution is 2.12. The zero-order valence-electron chi connectivity index (χ0n) is 10.8. The molecule has 1 rings (SSSR count). The summed E-state index contributed by atoms with van der Waals surface area (Å²) >= 11 is 0. The number of nitrogens with one attached hydrogen (secondary N) is 2. The molecule has 2 N–H and O–H groups in total. The summed E-state index contributed by atoms with van der Waals surface area (Å²) in [6.45, 7) is 4.53. The van der Waals surface area contributed by atoms with Gasteiger partial charge in [0.2, 0.25) is 10.0 Å². The van der Waals surface area contributed by atoms with Gasteiger partial charge in [0, 0.05) is 32.0 Å². The van der Waals surface area contributed by atoms with Gasteiger partial charge in [-0.1, -0.05) is 0 Å². The molecule has 6 nitrogen and oxygen atoms in total. The van der Waals surface area contributed by atoms with Gasteiger partial charge < -0.3 is 10.1 Å². The van der Waals surface area contributed by atoms with E-state index in [1.807, 2.05) is 6.92 Å². The first-order chi connectivity index (χ1) is 8.49. The minimum atomic E-state index is -3.53. The summed E-state index contributed by atoms with van der Waals surface area (Å²) in [6.07, 6.45) is 1.45. The molecule has 0 saturated heterocycles. The topological polar surface area (TPSA) is 80.3 Å². The second-order valence-electron chi connectivity index (χ2n) is 3.81. The highest BCUT2D eigenvalue weighted by molar-refractivity contribution is 7.89. The minimum Gasteiger partial charge on any atom is -0.380 e. The van der Waals surface area contributed by atoms with Crippen molar-refractivity contribution in [3.63, 3.8) is 0 Å². The van der Waals surface area contributed by atoms with Crippen molar-refractivity contribution >= 4 is 15.8 Å². The summed E-state index contributed by atoms with van der Waals surface area (Å²) < 4.78 is 31.8. The lowest BCUT2D eigenvalue weighted by molar-refractivity contribution is 0.133. The SMILES string of the molecule is CCOCC(C)NS(=O)(=O)c1ccnc(NC)c1. The van der Waals surface area contributed by atoms with Crippen LogP contribution in [0.25, 0.3) is 0 Å². The van der Waals surface area contributed by atoms with Crippen molar-refractivity contribution in [3.8, 4) is 0 Å². The molecule has 0 radical (unpaired) electrons. The molecule has 1 aromatic rings. The van der Waals surface area contributed by atoms with Crippen molar-refractivity contribution in [2.24, 2.45) is 0 Å². The Balaban J connectivity index is 2.79. The molecule has 102 valence electrons. The number of hydrogen-bond acceptors (Lipinski definition) is 5. The van der Waals surface area contributed by atoms with Crippen LogP contribution in [0.2, 0.25) is 0 Å². The molecule has 0 amide bonds. The fourth-order valence-electron chi connectivity index (χ4n) is 1.38. The van der Waals surface area contributed by atoms with Crippen molar-refractivity contribution in [1.29, 1.82) is 0 Å². The summed E-state index contributed by atoms with van der Waals surface area (Å²) in [4.78, 5) is 4.16. The van der Waals surface area contributed by atoms with Gasteiger partial charge in [0.05, 0.1) is 11.5 Å². The maximum absolute atomic E-state index is 12.1. The number of aromatic nitrogens is 1. The molecule has 0 saturated carbocycles. The van der Waals surface area contributed by atoms with E-state index in [1.165, 1.54) is 18.3 Å². The zero-order valence-corrected chi connectivity index (χ0v) is 11.6. The van der Waals surface area contributed by atoms with Crippen molar-refractivity contribution in [3.05, 3.63) is 18.3 Å². The van der Waals surface area contributed by atoms with Crippen LogP contribution in [0.15, 0.2) is 23.2 Å². The number of nitrogens with zero attached hydrogens (tertiary/aromatic N) is 1. The van der Waals surface area contributed by atoms with E-state index in [2.05, 4.69) is 15.0 Å². The molecule has 0 aliphatic carbocycles. The second kappa shape index (κ2) is 6.67. The number of sulfonamides is 1. The molecular formula is C11H19N3O3S. The Kier molecular flexibility index (Phi) is 5.52. The van der Waals surface area contributed by atoms with Crippen LogP contribution in [0, 0.1) is 0 Å². The van der Waals surface area contributed by atoms with E-state index in [1.54, 1.807) is 14.0 Å². The van der Waals surface area contributed by atoms with Gasteiger partial charge in [0.1, 0.15) is 5.82 Å². The Labute approximate surface area is 108 Å². The van der Waals surface area contributed by atoms with Gasteiger partial charge in [-0.2, -0.15) is 0 Å². The van der Waals surface area contributed by atoms with Crippen LogP contribution < -0.4 is 10.0 Å². The van der Waals surface area contributed by atoms with Gasteiger partial charge in [0.25, 0.3) is 0 Å². The molecule has 1 aromatic heterocycles. The molecule has 0 aromatic carbocycles. The third-order valence-electron chi connectivity index (χ3n) is 2.23. The molecule has 0 fully saturated rings. The van der Waals surface area contributed by atoms with Gasteiger partial charge in [0.15, 0.2) is 0 Å². The van der Waals surface area contributed by atoms with E-state index in [9.17, 15) is 8.42 Å². The van der Waals surface area contributed by atoms with E-state index in [-0.39, 0.29) is 10.9 Å². The molecule has 0 bridgehead atoms. The van der Waals surface area contributed by atoms with Gasteiger partial charge in [-0.15, -0.1) is 0 Å². The van der Waals surface area contributed by atoms with Gasteiger partial charge >= 0.3 is 0 Å². The Morgan fingerprint density at radius 1 is 1.50 bits per heavy atom. The third-order valence-corrected chi connectivity index (χ3v) is 3.81. The van der Waals surface area contributed by atoms with Gasteiger partial charge in [-0.05, 0) is 19.9 Å². The van der Waals surface area contributed by atoms with Gasteiger partial charge in [-0.3, -0.25) is 0 Å². The van der Waals surface area contributed by atoms with Gasteiger partial charge in [-0.25, -0.2) is 18.1 Å². The van der Waals surface area contributed by atoms with Crippen molar-refractivity contribution in [2.75, 3.05) is 25.6 Å². The third kappa shape index (κ3) is 4.25. The smallest absolute Gasteiger partial charge is 0.241 e. The van der Waals surface area contributed by atoms with Crippen LogP contribution in [0.5, 0.6) is 0 Å². The molecule has 18 heavy (non-hydrogen) atoms. The molecule has 1 unspecified atom stereocenters. The van der Waals surface area contributed by atoms with Crippen LogP contribution in [-0.4, -0.2) is 39.7 Å². The average Bonchev–Trinajstić information content (AvgIpc) is 2.36. The number of rotatable bonds is 7. The van der Waals surface area contributed by atoms with Crippen LogP contribution in [0.1, 0.15) is 13.8 Å². The minimum absolute atomic E-state index is 0.185. The van der Waals surface area contributed by atoms with Crippen LogP contribution in [-0.2, 0) is 14.8 Å². The Bertz CT molecular complexity index is 476. The van der Waals surface area contributed by atoms with Crippen LogP contribution in [0.4, 0.5) is 5.82 Å². The van der Waals surface area contributed by atoms with Crippen molar-refractivity contribution in [2.45, 2.75) is 24.8 Å². The lowest BCUT2D eigenvalue weighted by Gasteiger charge is -2.14. The zero-order chi connectivity index (χ0) is 13.6. The van der Waals surface area contributed by atoms with E-state index < -0.39 is 10.0 Å². The normalized spacial score (nSPS) is 13.3. The first-order valence-corrected chi connectivity index (χ1v) is 7.21. The monoisotopic (exact) mass is 273 g/mol. The summed E-state index contributed by atoms with van der Waals surface area (Å²) in [7, 11) is -1.85. The molecule has 1 atom stereocenters. The highest BCUT2D eigenvalue weighted by atomic mass is 32.2. The lowest BCUT2D eigenvalue weighted by Crippen LogP contribution is -2.35. The summed E-state index contributed by atoms with van der Waals surface area (Å²) in [5, 5.41) is 2.80. The Morgan fingerprint density at radius 3 is 2.83 bits per heavy atom. The predicted octanol–water partition coefficient (Wildman–Crippen LogP) is 0.827. The summed E-state index contributed by atoms with van der Waals surface area (Å²) in [6, 6.07) is 2.66. The Hall–Kier alpha value is -1.18. The fourth-order valence-corrected chi connectivity index (χ4v) is 2.62. The number of ether oxygens (including phenoxy) is 1. The second-order valence-corrected chi connectivity index (χ2v) is 5.52. The maximum Gasteiger partial charge on any atom is 0.241 e. The van der Waals surface area contributed by atoms with E-state index in [0.29, 0.717) is 19.0 Å². The molecule has 1 heterocycles. The van der Waals surface area contributed by atoms with Crippen LogP contribution >= 0.6 is 0 Å². The first-order valence-electron chi connectivity index (χ1n) is 5.73. The first kappa shape index (κ1) is 14.9. The summed E-state index contributed by atoms with van der Waals surface area (Å²) in [5.74, 6) is 0.510. The van der Waals surface area contributed by atoms with Crippen molar-refractivity contribution < 1.29 is 13.2 Å². The predicted molar refractivity (Wildman–Crippen MR) is 70.1 cm³/mol. The molecule has 0 spiro atoms. The molecule has 7 heteroatoms. The van der Waals surface area contributed by atoms with Crippen LogP contribution in [0.3, 0.4) is 0 Å². The summed E-state index contributed by atoms with van der Waals surface area (Å²) in [5.41, 5.74) is 0. The number of anilines is 1. The molecule has 0 aliphatic heterocycles. The average molecular weight is 273 g/mol. The number of hydrogen-bond donors (Lipinski definition) is 2. The van der Waals surface area contributed by atoms with Crippen molar-refractivity contribution in [1.82, 2.24) is 9.71 Å². The standard InChI is InChI=1S/C11H19N3O3S/c1-4-17-8-9(2)14-18(15,16)10-5-6-13-11(7-10)12-3/h5-7,9,14H,4,8H2,1-3H3,(H,12,13). The molecular weight excluding hydrogens is 254 g/mol. The molecule has 0 aliphatic rings. The highest BCUT2D eigenvalue weighted by Gasteiger charge is 2.17.